The van der Waals surface area contributed by atoms with Gasteiger partial charge in [0.25, 0.3) is 0 Å². The summed E-state index contributed by atoms with van der Waals surface area (Å²) in [7, 11) is 0. The Morgan fingerprint density at radius 1 is 1.20 bits per heavy atom. The highest BCUT2D eigenvalue weighted by Crippen LogP contribution is 2.26. The molecule has 0 bridgehead atoms. The van der Waals surface area contributed by atoms with Gasteiger partial charge < -0.3 is 15.6 Å². The van der Waals surface area contributed by atoms with E-state index in [9.17, 15) is 13.9 Å². The summed E-state index contributed by atoms with van der Waals surface area (Å²) in [5, 5.41) is 9.91. The Hall–Kier alpha value is -1.66. The van der Waals surface area contributed by atoms with Crippen LogP contribution in [-0.2, 0) is 0 Å². The van der Waals surface area contributed by atoms with E-state index in [1.54, 1.807) is 24.3 Å². The summed E-state index contributed by atoms with van der Waals surface area (Å²) in [4.78, 5) is 0. The standard InChI is InChI=1S/C14H12BrF2NO2/c15-9-5-11(16)14(17)13(6-9)20-7-12(19)8-1-3-10(18)4-2-8/h1-6,12,19H,7,18H2. The van der Waals surface area contributed by atoms with E-state index in [1.165, 1.54) is 6.07 Å². The Morgan fingerprint density at radius 3 is 2.50 bits per heavy atom. The van der Waals surface area contributed by atoms with Gasteiger partial charge in [-0.2, -0.15) is 4.39 Å². The molecule has 0 saturated heterocycles. The lowest BCUT2D eigenvalue weighted by molar-refractivity contribution is 0.105. The zero-order chi connectivity index (χ0) is 14.7. The summed E-state index contributed by atoms with van der Waals surface area (Å²) < 4.78 is 32.1. The van der Waals surface area contributed by atoms with Crippen LogP contribution in [0.3, 0.4) is 0 Å². The number of benzene rings is 2. The second-order valence-corrected chi connectivity index (χ2v) is 5.11. The number of halogens is 3. The van der Waals surface area contributed by atoms with Crippen molar-refractivity contribution >= 4 is 21.6 Å². The fraction of sp³-hybridized carbons (Fsp3) is 0.143. The molecule has 106 valence electrons. The van der Waals surface area contributed by atoms with E-state index in [2.05, 4.69) is 15.9 Å². The van der Waals surface area contributed by atoms with Gasteiger partial charge >= 0.3 is 0 Å². The van der Waals surface area contributed by atoms with Crippen LogP contribution in [0.4, 0.5) is 14.5 Å². The van der Waals surface area contributed by atoms with Crippen LogP contribution in [-0.4, -0.2) is 11.7 Å². The number of hydrogen-bond donors (Lipinski definition) is 2. The molecule has 0 amide bonds. The number of aliphatic hydroxyl groups is 1. The molecule has 2 aromatic rings. The molecule has 0 fully saturated rings. The third-order valence-electron chi connectivity index (χ3n) is 2.68. The molecule has 0 heterocycles. The van der Waals surface area contributed by atoms with Crippen molar-refractivity contribution in [3.63, 3.8) is 0 Å². The molecule has 1 atom stereocenters. The van der Waals surface area contributed by atoms with Crippen LogP contribution in [0, 0.1) is 11.6 Å². The molecule has 2 rings (SSSR count). The minimum atomic E-state index is -1.09. The highest BCUT2D eigenvalue weighted by atomic mass is 79.9. The summed E-state index contributed by atoms with van der Waals surface area (Å²) in [6.45, 7) is -0.198. The number of rotatable bonds is 4. The van der Waals surface area contributed by atoms with E-state index in [4.69, 9.17) is 10.5 Å². The summed E-state index contributed by atoms with van der Waals surface area (Å²) in [5.41, 5.74) is 6.69. The minimum Gasteiger partial charge on any atom is -0.487 e. The van der Waals surface area contributed by atoms with Crippen LogP contribution < -0.4 is 10.5 Å². The van der Waals surface area contributed by atoms with Gasteiger partial charge in [-0.15, -0.1) is 0 Å². The molecule has 1 unspecified atom stereocenters. The van der Waals surface area contributed by atoms with Crippen molar-refractivity contribution in [3.05, 3.63) is 58.1 Å². The van der Waals surface area contributed by atoms with E-state index in [-0.39, 0.29) is 12.4 Å². The lowest BCUT2D eigenvalue weighted by Crippen LogP contribution is -2.11. The van der Waals surface area contributed by atoms with Gasteiger partial charge in [-0.05, 0) is 29.8 Å². The number of nitrogen functional groups attached to an aromatic ring is 1. The molecule has 20 heavy (non-hydrogen) atoms. The van der Waals surface area contributed by atoms with Crippen molar-refractivity contribution in [2.75, 3.05) is 12.3 Å². The maximum absolute atomic E-state index is 13.5. The number of anilines is 1. The molecule has 0 aliphatic rings. The molecule has 3 nitrogen and oxygen atoms in total. The predicted molar refractivity (Wildman–Crippen MR) is 75.4 cm³/mol. The van der Waals surface area contributed by atoms with Crippen LogP contribution in [0.25, 0.3) is 0 Å². The fourth-order valence-electron chi connectivity index (χ4n) is 1.62. The van der Waals surface area contributed by atoms with E-state index in [0.717, 1.165) is 6.07 Å². The maximum Gasteiger partial charge on any atom is 0.200 e. The molecule has 0 aliphatic heterocycles. The summed E-state index contributed by atoms with van der Waals surface area (Å²) in [6.07, 6.45) is -0.961. The van der Waals surface area contributed by atoms with Crippen LogP contribution in [0.15, 0.2) is 40.9 Å². The average molecular weight is 344 g/mol. The lowest BCUT2D eigenvalue weighted by atomic mass is 10.1. The Labute approximate surface area is 123 Å². The maximum atomic E-state index is 13.5. The molecule has 0 aromatic heterocycles. The van der Waals surface area contributed by atoms with Gasteiger partial charge in [0, 0.05) is 10.2 Å². The third kappa shape index (κ3) is 3.46. The zero-order valence-corrected chi connectivity index (χ0v) is 11.9. The average Bonchev–Trinajstić information content (AvgIpc) is 2.41. The van der Waals surface area contributed by atoms with E-state index >= 15 is 0 Å². The number of aliphatic hydroxyl groups excluding tert-OH is 1. The largest absolute Gasteiger partial charge is 0.487 e. The SMILES string of the molecule is Nc1ccc(C(O)COc2cc(Br)cc(F)c2F)cc1. The van der Waals surface area contributed by atoms with Gasteiger partial charge in [-0.3, -0.25) is 0 Å². The predicted octanol–water partition coefficient (Wildman–Crippen LogP) is 3.42. The minimum absolute atomic E-state index is 0.198. The first-order chi connectivity index (χ1) is 9.47. The normalized spacial score (nSPS) is 12.2. The Balaban J connectivity index is 2.07. The molecular formula is C14H12BrF2NO2. The van der Waals surface area contributed by atoms with E-state index < -0.39 is 17.7 Å². The first-order valence-corrected chi connectivity index (χ1v) is 6.57. The van der Waals surface area contributed by atoms with Gasteiger partial charge in [0.05, 0.1) is 0 Å². The number of nitrogens with two attached hydrogens (primary N) is 1. The summed E-state index contributed by atoms with van der Waals surface area (Å²) in [5.74, 6) is -2.36. The monoisotopic (exact) mass is 343 g/mol. The molecule has 0 radical (unpaired) electrons. The van der Waals surface area contributed by atoms with Crippen LogP contribution in [0.5, 0.6) is 5.75 Å². The quantitative estimate of drug-likeness (QED) is 0.660. The van der Waals surface area contributed by atoms with E-state index in [1.807, 2.05) is 0 Å². The molecular weight excluding hydrogens is 332 g/mol. The van der Waals surface area contributed by atoms with Crippen molar-refractivity contribution < 1.29 is 18.6 Å². The first-order valence-electron chi connectivity index (χ1n) is 5.78. The van der Waals surface area contributed by atoms with Gasteiger partial charge in [-0.1, -0.05) is 28.1 Å². The van der Waals surface area contributed by atoms with Crippen LogP contribution in [0.2, 0.25) is 0 Å². The van der Waals surface area contributed by atoms with Gasteiger partial charge in [-0.25, -0.2) is 4.39 Å². The molecule has 3 N–H and O–H groups in total. The Bertz CT molecular complexity index is 605. The van der Waals surface area contributed by atoms with Crippen molar-refractivity contribution in [2.24, 2.45) is 0 Å². The fourth-order valence-corrected chi connectivity index (χ4v) is 2.03. The zero-order valence-electron chi connectivity index (χ0n) is 10.3. The highest BCUT2D eigenvalue weighted by Gasteiger charge is 2.14. The highest BCUT2D eigenvalue weighted by molar-refractivity contribution is 9.10. The van der Waals surface area contributed by atoms with Crippen molar-refractivity contribution in [3.8, 4) is 5.75 Å². The summed E-state index contributed by atoms with van der Waals surface area (Å²) >= 11 is 3.04. The second kappa shape index (κ2) is 6.19. The van der Waals surface area contributed by atoms with Gasteiger partial charge in [0.2, 0.25) is 5.82 Å². The lowest BCUT2D eigenvalue weighted by Gasteiger charge is -2.14. The molecule has 6 heteroatoms. The Kier molecular flexibility index (Phi) is 4.57. The van der Waals surface area contributed by atoms with E-state index in [0.29, 0.717) is 15.7 Å². The second-order valence-electron chi connectivity index (χ2n) is 4.19. The van der Waals surface area contributed by atoms with Crippen molar-refractivity contribution in [1.82, 2.24) is 0 Å². The van der Waals surface area contributed by atoms with Gasteiger partial charge in [0.1, 0.15) is 12.7 Å². The first kappa shape index (κ1) is 14.7. The van der Waals surface area contributed by atoms with Crippen molar-refractivity contribution in [2.45, 2.75) is 6.10 Å². The molecule has 0 spiro atoms. The van der Waals surface area contributed by atoms with Crippen molar-refractivity contribution in [1.29, 1.82) is 0 Å². The molecule has 2 aromatic carbocycles. The molecule has 0 aliphatic carbocycles. The number of hydrogen-bond acceptors (Lipinski definition) is 3. The van der Waals surface area contributed by atoms with Crippen LogP contribution >= 0.6 is 15.9 Å². The summed E-state index contributed by atoms with van der Waals surface area (Å²) in [6, 6.07) is 8.85. The van der Waals surface area contributed by atoms with Gasteiger partial charge in [0.15, 0.2) is 11.6 Å². The third-order valence-corrected chi connectivity index (χ3v) is 3.14. The van der Waals surface area contributed by atoms with Crippen LogP contribution in [0.1, 0.15) is 11.7 Å². The topological polar surface area (TPSA) is 55.5 Å². The molecule has 0 saturated carbocycles. The number of ether oxygens (including phenoxy) is 1. The Morgan fingerprint density at radius 2 is 1.85 bits per heavy atom. The smallest absolute Gasteiger partial charge is 0.200 e.